The molecule has 0 amide bonds. The van der Waals surface area contributed by atoms with Gasteiger partial charge in [0, 0.05) is 17.4 Å². The molecule has 0 saturated heterocycles. The molecule has 0 saturated carbocycles. The number of sulfonamides is 1. The van der Waals surface area contributed by atoms with E-state index in [4.69, 9.17) is 0 Å². The van der Waals surface area contributed by atoms with Gasteiger partial charge in [-0.3, -0.25) is 4.72 Å². The summed E-state index contributed by atoms with van der Waals surface area (Å²) in [6, 6.07) is 13.3. The van der Waals surface area contributed by atoms with E-state index in [0.717, 1.165) is 11.8 Å². The molecule has 0 fully saturated rings. The fourth-order valence-electron chi connectivity index (χ4n) is 2.96. The van der Waals surface area contributed by atoms with Gasteiger partial charge >= 0.3 is 0 Å². The Morgan fingerprint density at radius 1 is 1.10 bits per heavy atom. The van der Waals surface area contributed by atoms with Crippen LogP contribution >= 0.6 is 0 Å². The van der Waals surface area contributed by atoms with E-state index in [2.05, 4.69) is 20.1 Å². The predicted molar refractivity (Wildman–Crippen MR) is 111 cm³/mol. The molecule has 2 heterocycles. The largest absolute Gasteiger partial charge is 0.340 e. The zero-order valence-electron chi connectivity index (χ0n) is 15.7. The number of benzene rings is 2. The Kier molecular flexibility index (Phi) is 4.67. The van der Waals surface area contributed by atoms with E-state index < -0.39 is 10.0 Å². The number of halogens is 1. The van der Waals surface area contributed by atoms with E-state index in [0.29, 0.717) is 34.0 Å². The van der Waals surface area contributed by atoms with Crippen molar-refractivity contribution >= 4 is 32.9 Å². The van der Waals surface area contributed by atoms with Crippen molar-refractivity contribution in [2.24, 2.45) is 0 Å². The summed E-state index contributed by atoms with van der Waals surface area (Å²) in [4.78, 5) is 4.59. The van der Waals surface area contributed by atoms with E-state index in [9.17, 15) is 12.8 Å². The minimum atomic E-state index is -3.39. The maximum Gasteiger partial charge on any atom is 0.229 e. The second-order valence-corrected chi connectivity index (χ2v) is 8.43. The van der Waals surface area contributed by atoms with Crippen molar-refractivity contribution < 1.29 is 12.8 Å². The van der Waals surface area contributed by atoms with Crippen LogP contribution in [0, 0.1) is 12.7 Å². The zero-order chi connectivity index (χ0) is 20.6. The topological polar surface area (TPSA) is 88.4 Å². The molecule has 0 aliphatic carbocycles. The standard InChI is InChI=1S/C20H18FN5O2S/c1-13-6-7-16(11-18(13)25-29(2,27)28)23-19-8-9-26-20(24-19)17(12-22-26)14-4-3-5-15(21)10-14/h3-12,25H,1-2H3,(H,23,24). The number of anilines is 3. The Morgan fingerprint density at radius 2 is 1.93 bits per heavy atom. The minimum Gasteiger partial charge on any atom is -0.340 e. The Hall–Kier alpha value is -3.46. The van der Waals surface area contributed by atoms with Gasteiger partial charge in [-0.15, -0.1) is 0 Å². The maximum atomic E-state index is 13.6. The Bertz CT molecular complexity index is 1320. The lowest BCUT2D eigenvalue weighted by atomic mass is 10.1. The summed E-state index contributed by atoms with van der Waals surface area (Å²) in [6.07, 6.45) is 4.49. The molecule has 0 aliphatic rings. The molecule has 0 radical (unpaired) electrons. The number of hydrogen-bond acceptors (Lipinski definition) is 5. The molecule has 0 aliphatic heterocycles. The summed E-state index contributed by atoms with van der Waals surface area (Å²) < 4.78 is 40.8. The summed E-state index contributed by atoms with van der Waals surface area (Å²) in [6.45, 7) is 1.82. The Balaban J connectivity index is 1.69. The third kappa shape index (κ3) is 4.19. The van der Waals surface area contributed by atoms with Gasteiger partial charge in [0.2, 0.25) is 10.0 Å². The van der Waals surface area contributed by atoms with Gasteiger partial charge < -0.3 is 5.32 Å². The molecule has 148 valence electrons. The average molecular weight is 411 g/mol. The molecule has 0 bridgehead atoms. The van der Waals surface area contributed by atoms with E-state index in [1.165, 1.54) is 12.1 Å². The van der Waals surface area contributed by atoms with E-state index >= 15 is 0 Å². The van der Waals surface area contributed by atoms with Crippen molar-refractivity contribution in [2.45, 2.75) is 6.92 Å². The van der Waals surface area contributed by atoms with Crippen LogP contribution in [0.2, 0.25) is 0 Å². The van der Waals surface area contributed by atoms with Crippen LogP contribution in [0.15, 0.2) is 60.9 Å². The first-order valence-electron chi connectivity index (χ1n) is 8.74. The summed E-state index contributed by atoms with van der Waals surface area (Å²) in [5.74, 6) is 0.214. The highest BCUT2D eigenvalue weighted by atomic mass is 32.2. The lowest BCUT2D eigenvalue weighted by Gasteiger charge is -2.11. The van der Waals surface area contributed by atoms with E-state index in [1.54, 1.807) is 41.2 Å². The highest BCUT2D eigenvalue weighted by Gasteiger charge is 2.11. The maximum absolute atomic E-state index is 13.6. The second kappa shape index (κ2) is 7.17. The third-order valence-electron chi connectivity index (χ3n) is 4.31. The SMILES string of the molecule is Cc1ccc(Nc2ccn3ncc(-c4cccc(F)c4)c3n2)cc1NS(C)(=O)=O. The van der Waals surface area contributed by atoms with Gasteiger partial charge in [0.25, 0.3) is 0 Å². The molecule has 0 unspecified atom stereocenters. The molecule has 9 heteroatoms. The van der Waals surface area contributed by atoms with Crippen molar-refractivity contribution in [3.63, 3.8) is 0 Å². The highest BCUT2D eigenvalue weighted by Crippen LogP contribution is 2.27. The highest BCUT2D eigenvalue weighted by molar-refractivity contribution is 7.92. The molecule has 4 rings (SSSR count). The van der Waals surface area contributed by atoms with E-state index in [1.807, 2.05) is 19.1 Å². The Labute approximate surface area is 167 Å². The molecule has 2 N–H and O–H groups in total. The third-order valence-corrected chi connectivity index (χ3v) is 4.90. The van der Waals surface area contributed by atoms with Crippen LogP contribution in [-0.4, -0.2) is 29.3 Å². The lowest BCUT2D eigenvalue weighted by molar-refractivity contribution is 0.606. The van der Waals surface area contributed by atoms with Gasteiger partial charge in [-0.05, 0) is 48.4 Å². The monoisotopic (exact) mass is 411 g/mol. The van der Waals surface area contributed by atoms with Crippen LogP contribution in [0.1, 0.15) is 5.56 Å². The van der Waals surface area contributed by atoms with Gasteiger partial charge in [-0.25, -0.2) is 22.3 Å². The van der Waals surface area contributed by atoms with Crippen molar-refractivity contribution in [3.05, 3.63) is 72.3 Å². The number of nitrogens with zero attached hydrogens (tertiary/aromatic N) is 3. The first-order chi connectivity index (χ1) is 13.8. The van der Waals surface area contributed by atoms with Crippen molar-refractivity contribution in [1.82, 2.24) is 14.6 Å². The van der Waals surface area contributed by atoms with E-state index in [-0.39, 0.29) is 5.82 Å². The molecule has 7 nitrogen and oxygen atoms in total. The number of aryl methyl sites for hydroxylation is 1. The number of nitrogens with one attached hydrogen (secondary N) is 2. The number of hydrogen-bond donors (Lipinski definition) is 2. The van der Waals surface area contributed by atoms with Gasteiger partial charge in [0.1, 0.15) is 11.6 Å². The first-order valence-corrected chi connectivity index (χ1v) is 10.6. The van der Waals surface area contributed by atoms with Crippen LogP contribution in [0.3, 0.4) is 0 Å². The average Bonchev–Trinajstić information content (AvgIpc) is 3.06. The number of aromatic nitrogens is 3. The quantitative estimate of drug-likeness (QED) is 0.519. The second-order valence-electron chi connectivity index (χ2n) is 6.68. The number of fused-ring (bicyclic) bond motifs is 1. The molecule has 2 aromatic heterocycles. The summed E-state index contributed by atoms with van der Waals surface area (Å²) in [7, 11) is -3.39. The summed E-state index contributed by atoms with van der Waals surface area (Å²) in [5, 5.41) is 7.43. The normalized spacial score (nSPS) is 11.6. The molecule has 29 heavy (non-hydrogen) atoms. The van der Waals surface area contributed by atoms with Crippen LogP contribution < -0.4 is 10.0 Å². The summed E-state index contributed by atoms with van der Waals surface area (Å²) in [5.41, 5.74) is 3.92. The Morgan fingerprint density at radius 3 is 2.69 bits per heavy atom. The predicted octanol–water partition coefficient (Wildman–Crippen LogP) is 3.96. The number of rotatable bonds is 5. The van der Waals surface area contributed by atoms with Crippen molar-refractivity contribution in [2.75, 3.05) is 16.3 Å². The van der Waals surface area contributed by atoms with Crippen molar-refractivity contribution in [1.29, 1.82) is 0 Å². The van der Waals surface area contributed by atoms with Crippen molar-refractivity contribution in [3.8, 4) is 11.1 Å². The summed E-state index contributed by atoms with van der Waals surface area (Å²) >= 11 is 0. The first kappa shape index (κ1) is 18.9. The fourth-order valence-corrected chi connectivity index (χ4v) is 3.57. The molecule has 4 aromatic rings. The minimum absolute atomic E-state index is 0.332. The van der Waals surface area contributed by atoms with Crippen LogP contribution in [0.25, 0.3) is 16.8 Å². The molecular formula is C20H18FN5O2S. The van der Waals surface area contributed by atoms with Gasteiger partial charge in [-0.2, -0.15) is 5.10 Å². The van der Waals surface area contributed by atoms with Crippen LogP contribution in [-0.2, 0) is 10.0 Å². The molecular weight excluding hydrogens is 393 g/mol. The van der Waals surface area contributed by atoms with Gasteiger partial charge in [0.15, 0.2) is 5.65 Å². The fraction of sp³-hybridized carbons (Fsp3) is 0.100. The van der Waals surface area contributed by atoms with Crippen LogP contribution in [0.5, 0.6) is 0 Å². The molecule has 2 aromatic carbocycles. The molecule has 0 spiro atoms. The lowest BCUT2D eigenvalue weighted by Crippen LogP contribution is -2.10. The smallest absolute Gasteiger partial charge is 0.229 e. The van der Waals surface area contributed by atoms with Gasteiger partial charge in [0.05, 0.1) is 18.1 Å². The van der Waals surface area contributed by atoms with Crippen LogP contribution in [0.4, 0.5) is 21.6 Å². The van der Waals surface area contributed by atoms with Gasteiger partial charge in [-0.1, -0.05) is 18.2 Å². The molecule has 0 atom stereocenters. The zero-order valence-corrected chi connectivity index (χ0v) is 16.5.